The van der Waals surface area contributed by atoms with Crippen LogP contribution in [0.25, 0.3) is 0 Å². The van der Waals surface area contributed by atoms with Crippen LogP contribution >= 0.6 is 0 Å². The van der Waals surface area contributed by atoms with Gasteiger partial charge in [-0.25, -0.2) is 0 Å². The Morgan fingerprint density at radius 1 is 1.30 bits per heavy atom. The number of nitrogens with one attached hydrogen (secondary N) is 1. The summed E-state index contributed by atoms with van der Waals surface area (Å²) >= 11 is 0. The molecule has 0 spiro atoms. The summed E-state index contributed by atoms with van der Waals surface area (Å²) in [6.45, 7) is 2.12. The van der Waals surface area contributed by atoms with Gasteiger partial charge in [0.2, 0.25) is 5.91 Å². The lowest BCUT2D eigenvalue weighted by Gasteiger charge is -2.29. The first-order valence-corrected chi connectivity index (χ1v) is 8.07. The first-order valence-electron chi connectivity index (χ1n) is 8.07. The highest BCUT2D eigenvalue weighted by molar-refractivity contribution is 5.78. The summed E-state index contributed by atoms with van der Waals surface area (Å²) in [7, 11) is 0. The molecule has 23 heavy (non-hydrogen) atoms. The van der Waals surface area contributed by atoms with Crippen LogP contribution in [0.2, 0.25) is 0 Å². The minimum absolute atomic E-state index is 0.0294. The fourth-order valence-electron chi connectivity index (χ4n) is 2.82. The summed E-state index contributed by atoms with van der Waals surface area (Å²) < 4.78 is 38.7. The van der Waals surface area contributed by atoms with E-state index < -0.39 is 11.7 Å². The van der Waals surface area contributed by atoms with Crippen LogP contribution < -0.4 is 5.32 Å². The molecule has 1 N–H and O–H groups in total. The number of carbonyl (C=O) groups is 1. The predicted octanol–water partition coefficient (Wildman–Crippen LogP) is 3.51. The van der Waals surface area contributed by atoms with Gasteiger partial charge in [-0.05, 0) is 50.3 Å². The molecular weight excluding hydrogens is 305 g/mol. The fraction of sp³-hybridized carbons (Fsp3) is 0.588. The lowest BCUT2D eigenvalue weighted by molar-refractivity contribution is -0.137. The number of carbonyl (C=O) groups excluding carboxylic acids is 1. The third-order valence-corrected chi connectivity index (χ3v) is 4.48. The first kappa shape index (κ1) is 16.3. The van der Waals surface area contributed by atoms with Crippen molar-refractivity contribution < 1.29 is 18.0 Å². The maximum atomic E-state index is 12.9. The van der Waals surface area contributed by atoms with Crippen LogP contribution in [0.15, 0.2) is 24.3 Å². The van der Waals surface area contributed by atoms with Crippen LogP contribution in [0.3, 0.4) is 0 Å². The third-order valence-electron chi connectivity index (χ3n) is 4.48. The number of nitrogens with zero attached hydrogens (tertiary/aromatic N) is 1. The number of halogens is 3. The minimum Gasteiger partial charge on any atom is -0.352 e. The molecule has 1 amide bonds. The Hall–Kier alpha value is -1.56. The lowest BCUT2D eigenvalue weighted by Crippen LogP contribution is -2.40. The molecule has 1 unspecified atom stereocenters. The number of hydrogen-bond donors (Lipinski definition) is 1. The van der Waals surface area contributed by atoms with Gasteiger partial charge in [-0.15, -0.1) is 0 Å². The van der Waals surface area contributed by atoms with Crippen molar-refractivity contribution in [2.75, 3.05) is 6.54 Å². The Kier molecular flexibility index (Phi) is 4.36. The SMILES string of the molecule is CC(c1cccc(C(F)(F)F)c1)N(CC(=O)NC1CC1)C1CC1. The summed E-state index contributed by atoms with van der Waals surface area (Å²) in [6.07, 6.45) is -0.291. The molecule has 1 aromatic rings. The van der Waals surface area contributed by atoms with E-state index in [1.165, 1.54) is 12.1 Å². The molecule has 6 heteroatoms. The molecule has 1 aromatic carbocycles. The van der Waals surface area contributed by atoms with Gasteiger partial charge in [0.25, 0.3) is 0 Å². The number of hydrogen-bond acceptors (Lipinski definition) is 2. The number of alkyl halides is 3. The van der Waals surface area contributed by atoms with Crippen molar-refractivity contribution in [3.05, 3.63) is 35.4 Å². The predicted molar refractivity (Wildman–Crippen MR) is 80.8 cm³/mol. The summed E-state index contributed by atoms with van der Waals surface area (Å²) in [6, 6.07) is 5.79. The Balaban J connectivity index is 1.72. The molecule has 2 aliphatic rings. The van der Waals surface area contributed by atoms with Crippen molar-refractivity contribution in [3.8, 4) is 0 Å². The van der Waals surface area contributed by atoms with E-state index in [9.17, 15) is 18.0 Å². The van der Waals surface area contributed by atoms with Crippen molar-refractivity contribution >= 4 is 5.91 Å². The van der Waals surface area contributed by atoms with Gasteiger partial charge in [-0.3, -0.25) is 9.69 Å². The van der Waals surface area contributed by atoms with E-state index in [1.807, 2.05) is 11.8 Å². The fourth-order valence-corrected chi connectivity index (χ4v) is 2.82. The summed E-state index contributed by atoms with van der Waals surface area (Å²) in [5, 5.41) is 2.95. The average molecular weight is 326 g/mol. The lowest BCUT2D eigenvalue weighted by atomic mass is 10.0. The molecule has 0 saturated heterocycles. The molecule has 0 aromatic heterocycles. The van der Waals surface area contributed by atoms with Crippen LogP contribution in [-0.4, -0.2) is 29.4 Å². The first-order chi connectivity index (χ1) is 10.8. The number of rotatable bonds is 6. The van der Waals surface area contributed by atoms with Crippen LogP contribution in [0.5, 0.6) is 0 Å². The Bertz CT molecular complexity index is 579. The molecule has 0 radical (unpaired) electrons. The van der Waals surface area contributed by atoms with E-state index in [4.69, 9.17) is 0 Å². The van der Waals surface area contributed by atoms with E-state index >= 15 is 0 Å². The second-order valence-electron chi connectivity index (χ2n) is 6.54. The molecule has 0 aliphatic heterocycles. The van der Waals surface area contributed by atoms with Crippen LogP contribution in [0.4, 0.5) is 13.2 Å². The van der Waals surface area contributed by atoms with Crippen molar-refractivity contribution in [2.24, 2.45) is 0 Å². The maximum absolute atomic E-state index is 12.9. The molecule has 3 rings (SSSR count). The second-order valence-corrected chi connectivity index (χ2v) is 6.54. The van der Waals surface area contributed by atoms with Crippen LogP contribution in [-0.2, 0) is 11.0 Å². The molecule has 2 aliphatic carbocycles. The highest BCUT2D eigenvalue weighted by Gasteiger charge is 2.36. The van der Waals surface area contributed by atoms with Crippen LogP contribution in [0, 0.1) is 0 Å². The monoisotopic (exact) mass is 326 g/mol. The second kappa shape index (κ2) is 6.15. The van der Waals surface area contributed by atoms with Gasteiger partial charge < -0.3 is 5.32 Å². The third kappa shape index (κ3) is 4.25. The zero-order valence-electron chi connectivity index (χ0n) is 13.1. The molecule has 126 valence electrons. The molecule has 2 saturated carbocycles. The van der Waals surface area contributed by atoms with Crippen molar-refractivity contribution in [1.82, 2.24) is 10.2 Å². The summed E-state index contributed by atoms with van der Waals surface area (Å²) in [5.41, 5.74) is -0.0361. The van der Waals surface area contributed by atoms with Gasteiger partial charge >= 0.3 is 6.18 Å². The van der Waals surface area contributed by atoms with Gasteiger partial charge in [-0.2, -0.15) is 13.2 Å². The summed E-state index contributed by atoms with van der Waals surface area (Å²) in [5.74, 6) is -0.0294. The van der Waals surface area contributed by atoms with Gasteiger partial charge in [0.15, 0.2) is 0 Å². The van der Waals surface area contributed by atoms with Crippen molar-refractivity contribution in [2.45, 2.75) is 56.9 Å². The van der Waals surface area contributed by atoms with E-state index in [1.54, 1.807) is 6.07 Å². The smallest absolute Gasteiger partial charge is 0.352 e. The largest absolute Gasteiger partial charge is 0.416 e. The molecule has 0 bridgehead atoms. The highest BCUT2D eigenvalue weighted by Crippen LogP contribution is 2.36. The number of benzene rings is 1. The van der Waals surface area contributed by atoms with Gasteiger partial charge in [-0.1, -0.05) is 12.1 Å². The molecule has 2 fully saturated rings. The van der Waals surface area contributed by atoms with Crippen molar-refractivity contribution in [1.29, 1.82) is 0 Å². The Morgan fingerprint density at radius 2 is 2.00 bits per heavy atom. The molecule has 1 atom stereocenters. The zero-order chi connectivity index (χ0) is 16.6. The minimum atomic E-state index is -4.34. The number of amides is 1. The van der Waals surface area contributed by atoms with Crippen molar-refractivity contribution in [3.63, 3.8) is 0 Å². The highest BCUT2D eigenvalue weighted by atomic mass is 19.4. The molecular formula is C17H21F3N2O. The average Bonchev–Trinajstić information content (AvgIpc) is 3.37. The van der Waals surface area contributed by atoms with E-state index in [-0.39, 0.29) is 18.5 Å². The van der Waals surface area contributed by atoms with E-state index in [0.29, 0.717) is 17.6 Å². The normalized spacial score (nSPS) is 19.7. The van der Waals surface area contributed by atoms with E-state index in [0.717, 1.165) is 31.7 Å². The van der Waals surface area contributed by atoms with Gasteiger partial charge in [0, 0.05) is 18.1 Å². The Labute approximate surface area is 133 Å². The standard InChI is InChI=1S/C17H21F3N2O/c1-11(12-3-2-4-13(9-12)17(18,19)20)22(15-7-8-15)10-16(23)21-14-5-6-14/h2-4,9,11,14-15H,5-8,10H2,1H3,(H,21,23). The van der Waals surface area contributed by atoms with Gasteiger partial charge in [0.1, 0.15) is 0 Å². The zero-order valence-corrected chi connectivity index (χ0v) is 13.1. The summed E-state index contributed by atoms with van der Waals surface area (Å²) in [4.78, 5) is 14.1. The van der Waals surface area contributed by atoms with E-state index in [2.05, 4.69) is 5.32 Å². The Morgan fingerprint density at radius 3 is 2.57 bits per heavy atom. The molecule has 0 heterocycles. The quantitative estimate of drug-likeness (QED) is 0.868. The molecule has 3 nitrogen and oxygen atoms in total. The van der Waals surface area contributed by atoms with Gasteiger partial charge in [0.05, 0.1) is 12.1 Å². The topological polar surface area (TPSA) is 32.3 Å². The maximum Gasteiger partial charge on any atom is 0.416 e. The van der Waals surface area contributed by atoms with Crippen LogP contribution in [0.1, 0.15) is 49.8 Å².